The van der Waals surface area contributed by atoms with E-state index in [0.29, 0.717) is 17.1 Å². The van der Waals surface area contributed by atoms with Gasteiger partial charge in [-0.1, -0.05) is 30.3 Å². The minimum atomic E-state index is -0.168. The normalized spacial score (nSPS) is 10.5. The van der Waals surface area contributed by atoms with Crippen molar-refractivity contribution in [2.75, 3.05) is 5.32 Å². The first kappa shape index (κ1) is 13.6. The molecule has 3 nitrogen and oxygen atoms in total. The molecule has 3 rings (SSSR count). The van der Waals surface area contributed by atoms with E-state index in [4.69, 9.17) is 11.6 Å². The van der Waals surface area contributed by atoms with Crippen molar-refractivity contribution in [2.45, 2.75) is 5.88 Å². The van der Waals surface area contributed by atoms with Crippen molar-refractivity contribution < 1.29 is 4.79 Å². The lowest BCUT2D eigenvalue weighted by Crippen LogP contribution is -2.12. The number of para-hydroxylation sites is 1. The summed E-state index contributed by atoms with van der Waals surface area (Å²) in [5.74, 6) is 0.220. The summed E-state index contributed by atoms with van der Waals surface area (Å²) in [6.07, 6.45) is 1.66. The number of carbonyl (C=O) groups excluding carboxylic acids is 1. The Bertz CT molecular complexity index is 801. The summed E-state index contributed by atoms with van der Waals surface area (Å²) in [4.78, 5) is 16.6. The van der Waals surface area contributed by atoms with Crippen LogP contribution in [0.2, 0.25) is 0 Å². The van der Waals surface area contributed by atoms with Crippen LogP contribution in [-0.4, -0.2) is 10.9 Å². The average Bonchev–Trinajstić information content (AvgIpc) is 2.54. The van der Waals surface area contributed by atoms with Crippen LogP contribution in [0.15, 0.2) is 60.8 Å². The Balaban J connectivity index is 1.85. The lowest BCUT2D eigenvalue weighted by molar-refractivity contribution is 0.102. The third kappa shape index (κ3) is 3.03. The third-order valence-electron chi connectivity index (χ3n) is 3.19. The fourth-order valence-corrected chi connectivity index (χ4v) is 2.30. The predicted octanol–water partition coefficient (Wildman–Crippen LogP) is 4.23. The summed E-state index contributed by atoms with van der Waals surface area (Å²) in [5, 5.41) is 3.85. The molecule has 21 heavy (non-hydrogen) atoms. The highest BCUT2D eigenvalue weighted by Crippen LogP contribution is 2.17. The maximum absolute atomic E-state index is 12.2. The van der Waals surface area contributed by atoms with Gasteiger partial charge < -0.3 is 5.32 Å². The lowest BCUT2D eigenvalue weighted by atomic mass is 10.1. The number of aromatic nitrogens is 1. The van der Waals surface area contributed by atoms with Gasteiger partial charge in [0.15, 0.2) is 0 Å². The lowest BCUT2D eigenvalue weighted by Gasteiger charge is -2.07. The fraction of sp³-hybridized carbons (Fsp3) is 0.0588. The molecule has 0 fully saturated rings. The zero-order valence-electron chi connectivity index (χ0n) is 11.2. The quantitative estimate of drug-likeness (QED) is 0.735. The van der Waals surface area contributed by atoms with Crippen LogP contribution in [0.5, 0.6) is 0 Å². The van der Waals surface area contributed by atoms with Crippen molar-refractivity contribution in [3.05, 3.63) is 71.9 Å². The van der Waals surface area contributed by atoms with Crippen LogP contribution in [0.1, 0.15) is 15.9 Å². The Hall–Kier alpha value is -2.39. The third-order valence-corrected chi connectivity index (χ3v) is 3.50. The van der Waals surface area contributed by atoms with Crippen LogP contribution in [-0.2, 0) is 5.88 Å². The maximum atomic E-state index is 12.2. The summed E-state index contributed by atoms with van der Waals surface area (Å²) in [5.41, 5.74) is 3.08. The van der Waals surface area contributed by atoms with Crippen molar-refractivity contribution in [3.8, 4) is 0 Å². The minimum Gasteiger partial charge on any atom is -0.321 e. The maximum Gasteiger partial charge on any atom is 0.255 e. The molecule has 0 saturated carbocycles. The van der Waals surface area contributed by atoms with Crippen molar-refractivity contribution in [1.82, 2.24) is 4.98 Å². The molecule has 3 aromatic rings. The number of alkyl halides is 1. The molecule has 4 heteroatoms. The number of rotatable bonds is 3. The SMILES string of the molecule is O=C(Nc1cnc2ccccc2c1)c1cccc(CCl)c1. The van der Waals surface area contributed by atoms with Crippen LogP contribution in [0, 0.1) is 0 Å². The average molecular weight is 297 g/mol. The molecule has 104 valence electrons. The van der Waals surface area contributed by atoms with Gasteiger partial charge in [-0.25, -0.2) is 0 Å². The summed E-state index contributed by atoms with van der Waals surface area (Å²) < 4.78 is 0. The van der Waals surface area contributed by atoms with E-state index >= 15 is 0 Å². The molecule has 1 N–H and O–H groups in total. The molecule has 0 bridgehead atoms. The molecule has 0 aliphatic rings. The highest BCUT2D eigenvalue weighted by atomic mass is 35.5. The topological polar surface area (TPSA) is 42.0 Å². The molecule has 0 unspecified atom stereocenters. The van der Waals surface area contributed by atoms with Gasteiger partial charge in [-0.3, -0.25) is 9.78 Å². The van der Waals surface area contributed by atoms with Gasteiger partial charge in [-0.15, -0.1) is 11.6 Å². The zero-order chi connectivity index (χ0) is 14.7. The van der Waals surface area contributed by atoms with Gasteiger partial charge in [0.1, 0.15) is 0 Å². The van der Waals surface area contributed by atoms with E-state index in [2.05, 4.69) is 10.3 Å². The van der Waals surface area contributed by atoms with Crippen molar-refractivity contribution in [3.63, 3.8) is 0 Å². The van der Waals surface area contributed by atoms with Gasteiger partial charge in [-0.2, -0.15) is 0 Å². The first-order valence-corrected chi connectivity index (χ1v) is 7.11. The van der Waals surface area contributed by atoms with Crippen molar-refractivity contribution in [1.29, 1.82) is 0 Å². The number of fused-ring (bicyclic) bond motifs is 1. The predicted molar refractivity (Wildman–Crippen MR) is 85.7 cm³/mol. The van der Waals surface area contributed by atoms with Crippen LogP contribution in [0.3, 0.4) is 0 Å². The number of anilines is 1. The molecule has 0 spiro atoms. The number of hydrogen-bond acceptors (Lipinski definition) is 2. The monoisotopic (exact) mass is 296 g/mol. The summed E-state index contributed by atoms with van der Waals surface area (Å²) in [7, 11) is 0. The van der Waals surface area contributed by atoms with Crippen LogP contribution in [0.25, 0.3) is 10.9 Å². The van der Waals surface area contributed by atoms with Gasteiger partial charge >= 0.3 is 0 Å². The van der Waals surface area contributed by atoms with Crippen LogP contribution < -0.4 is 5.32 Å². The first-order valence-electron chi connectivity index (χ1n) is 6.57. The molecule has 0 atom stereocenters. The molecule has 1 aromatic heterocycles. The number of hydrogen-bond donors (Lipinski definition) is 1. The smallest absolute Gasteiger partial charge is 0.255 e. The Kier molecular flexibility index (Phi) is 3.84. The Morgan fingerprint density at radius 3 is 2.81 bits per heavy atom. The highest BCUT2D eigenvalue weighted by Gasteiger charge is 2.07. The van der Waals surface area contributed by atoms with E-state index in [-0.39, 0.29) is 5.91 Å². The van der Waals surface area contributed by atoms with E-state index in [1.807, 2.05) is 42.5 Å². The van der Waals surface area contributed by atoms with Gasteiger partial charge in [0.2, 0.25) is 0 Å². The number of benzene rings is 2. The second kappa shape index (κ2) is 5.94. The molecule has 2 aromatic carbocycles. The first-order chi connectivity index (χ1) is 10.3. The van der Waals surface area contributed by atoms with E-state index < -0.39 is 0 Å². The molecule has 0 aliphatic heterocycles. The number of amides is 1. The van der Waals surface area contributed by atoms with E-state index in [1.54, 1.807) is 18.3 Å². The van der Waals surface area contributed by atoms with E-state index in [0.717, 1.165) is 16.5 Å². The largest absolute Gasteiger partial charge is 0.321 e. The van der Waals surface area contributed by atoms with Crippen LogP contribution >= 0.6 is 11.6 Å². The number of carbonyl (C=O) groups is 1. The van der Waals surface area contributed by atoms with Gasteiger partial charge in [0, 0.05) is 16.8 Å². The summed E-state index contributed by atoms with van der Waals surface area (Å²) >= 11 is 5.79. The zero-order valence-corrected chi connectivity index (χ0v) is 12.0. The second-order valence-corrected chi connectivity index (χ2v) is 4.97. The molecular formula is C17H13ClN2O. The minimum absolute atomic E-state index is 0.168. The molecular weight excluding hydrogens is 284 g/mol. The number of halogens is 1. The van der Waals surface area contributed by atoms with Crippen molar-refractivity contribution >= 4 is 34.1 Å². The number of pyridine rings is 1. The molecule has 0 saturated heterocycles. The van der Waals surface area contributed by atoms with Crippen LogP contribution in [0.4, 0.5) is 5.69 Å². The summed E-state index contributed by atoms with van der Waals surface area (Å²) in [6, 6.07) is 17.0. The Morgan fingerprint density at radius 2 is 1.95 bits per heavy atom. The van der Waals surface area contributed by atoms with E-state index in [1.165, 1.54) is 0 Å². The van der Waals surface area contributed by atoms with Gasteiger partial charge in [0.05, 0.1) is 17.4 Å². The van der Waals surface area contributed by atoms with E-state index in [9.17, 15) is 4.79 Å². The molecule has 0 radical (unpaired) electrons. The Morgan fingerprint density at radius 1 is 1.10 bits per heavy atom. The number of nitrogens with one attached hydrogen (secondary N) is 1. The fourth-order valence-electron chi connectivity index (χ4n) is 2.14. The number of nitrogens with zero attached hydrogens (tertiary/aromatic N) is 1. The second-order valence-electron chi connectivity index (χ2n) is 4.70. The van der Waals surface area contributed by atoms with Crippen molar-refractivity contribution in [2.24, 2.45) is 0 Å². The summed E-state index contributed by atoms with van der Waals surface area (Å²) in [6.45, 7) is 0. The Labute approximate surface area is 127 Å². The standard InChI is InChI=1S/C17H13ClN2O/c18-10-12-4-3-6-14(8-12)17(21)20-15-9-13-5-1-2-7-16(13)19-11-15/h1-9,11H,10H2,(H,20,21). The molecule has 1 heterocycles. The molecule has 1 amide bonds. The highest BCUT2D eigenvalue weighted by molar-refractivity contribution is 6.17. The molecule has 0 aliphatic carbocycles. The van der Waals surface area contributed by atoms with Gasteiger partial charge in [0.25, 0.3) is 5.91 Å². The van der Waals surface area contributed by atoms with Gasteiger partial charge in [-0.05, 0) is 29.8 Å².